The topological polar surface area (TPSA) is 94.5 Å². The standard InChI is InChI=1S/C18H14F3N7/c1-10-23-13-4-2-3-5-14(13)28(10)17-25-16(15(22)26-27-17)24-12-8-6-11(7-9-12)18(19,20)21/h2-9H,1H3,(H2,22,26)(H,24,25,27). The van der Waals surface area contributed by atoms with Crippen LogP contribution in [-0.2, 0) is 6.18 Å². The molecule has 0 saturated heterocycles. The molecule has 3 N–H and O–H groups in total. The first-order valence-corrected chi connectivity index (χ1v) is 8.22. The van der Waals surface area contributed by atoms with Crippen molar-refractivity contribution in [1.82, 2.24) is 24.7 Å². The SMILES string of the molecule is Cc1nc2ccccc2n1-c1nnc(N)c(Nc2ccc(C(F)(F)F)cc2)n1. The Balaban J connectivity index is 1.71. The third kappa shape index (κ3) is 3.20. The zero-order valence-electron chi connectivity index (χ0n) is 14.6. The summed E-state index contributed by atoms with van der Waals surface area (Å²) >= 11 is 0. The number of hydrogen-bond donors (Lipinski definition) is 2. The number of nitrogens with zero attached hydrogens (tertiary/aromatic N) is 5. The maximum absolute atomic E-state index is 12.7. The Hall–Kier alpha value is -3.69. The summed E-state index contributed by atoms with van der Waals surface area (Å²) in [4.78, 5) is 8.84. The van der Waals surface area contributed by atoms with Crippen LogP contribution in [0.25, 0.3) is 17.0 Å². The highest BCUT2D eigenvalue weighted by Crippen LogP contribution is 2.30. The minimum atomic E-state index is -4.40. The van der Waals surface area contributed by atoms with E-state index in [2.05, 4.69) is 25.5 Å². The average Bonchev–Trinajstić information content (AvgIpc) is 2.99. The van der Waals surface area contributed by atoms with Crippen LogP contribution in [0, 0.1) is 6.92 Å². The van der Waals surface area contributed by atoms with Gasteiger partial charge in [-0.25, -0.2) is 4.98 Å². The van der Waals surface area contributed by atoms with E-state index in [0.717, 1.165) is 23.2 Å². The van der Waals surface area contributed by atoms with Crippen LogP contribution < -0.4 is 11.1 Å². The molecule has 0 radical (unpaired) electrons. The van der Waals surface area contributed by atoms with E-state index in [1.807, 2.05) is 31.2 Å². The van der Waals surface area contributed by atoms with Gasteiger partial charge in [0.2, 0.25) is 0 Å². The summed E-state index contributed by atoms with van der Waals surface area (Å²) in [5, 5.41) is 10.8. The second-order valence-electron chi connectivity index (χ2n) is 6.03. The highest BCUT2D eigenvalue weighted by molar-refractivity contribution is 5.77. The van der Waals surface area contributed by atoms with Crippen LogP contribution in [0.2, 0.25) is 0 Å². The lowest BCUT2D eigenvalue weighted by Gasteiger charge is -2.11. The number of aryl methyl sites for hydroxylation is 1. The molecule has 0 amide bonds. The van der Waals surface area contributed by atoms with E-state index < -0.39 is 11.7 Å². The van der Waals surface area contributed by atoms with Crippen molar-refractivity contribution >= 4 is 28.4 Å². The largest absolute Gasteiger partial charge is 0.416 e. The molecule has 10 heteroatoms. The van der Waals surface area contributed by atoms with Gasteiger partial charge in [-0.2, -0.15) is 18.2 Å². The van der Waals surface area contributed by atoms with Crippen LogP contribution in [0.3, 0.4) is 0 Å². The molecule has 0 spiro atoms. The van der Waals surface area contributed by atoms with E-state index >= 15 is 0 Å². The van der Waals surface area contributed by atoms with E-state index in [1.165, 1.54) is 12.1 Å². The van der Waals surface area contributed by atoms with Gasteiger partial charge in [0, 0.05) is 5.69 Å². The maximum Gasteiger partial charge on any atom is 0.416 e. The second kappa shape index (κ2) is 6.48. The molecule has 0 bridgehead atoms. The lowest BCUT2D eigenvalue weighted by Crippen LogP contribution is -2.10. The number of benzene rings is 2. The Bertz CT molecular complexity index is 1150. The van der Waals surface area contributed by atoms with Gasteiger partial charge >= 0.3 is 6.18 Å². The number of para-hydroxylation sites is 2. The molecule has 2 aromatic carbocycles. The lowest BCUT2D eigenvalue weighted by atomic mass is 10.2. The summed E-state index contributed by atoms with van der Waals surface area (Å²) in [6, 6.07) is 12.0. The minimum absolute atomic E-state index is 0.0192. The van der Waals surface area contributed by atoms with Crippen LogP contribution in [-0.4, -0.2) is 24.7 Å². The third-order valence-electron chi connectivity index (χ3n) is 4.11. The van der Waals surface area contributed by atoms with Crippen molar-refractivity contribution in [2.75, 3.05) is 11.1 Å². The van der Waals surface area contributed by atoms with Crippen molar-refractivity contribution < 1.29 is 13.2 Å². The molecule has 0 atom stereocenters. The number of alkyl halides is 3. The molecule has 0 fully saturated rings. The van der Waals surface area contributed by atoms with Crippen molar-refractivity contribution in [1.29, 1.82) is 0 Å². The Morgan fingerprint density at radius 1 is 0.964 bits per heavy atom. The third-order valence-corrected chi connectivity index (χ3v) is 4.11. The van der Waals surface area contributed by atoms with Gasteiger partial charge in [-0.15, -0.1) is 10.2 Å². The summed E-state index contributed by atoms with van der Waals surface area (Å²) in [5.74, 6) is 1.11. The predicted molar refractivity (Wildman–Crippen MR) is 98.3 cm³/mol. The minimum Gasteiger partial charge on any atom is -0.379 e. The summed E-state index contributed by atoms with van der Waals surface area (Å²) < 4.78 is 39.8. The predicted octanol–water partition coefficient (Wildman–Crippen LogP) is 3.86. The fraction of sp³-hybridized carbons (Fsp3) is 0.111. The molecule has 4 aromatic rings. The number of nitrogens with one attached hydrogen (secondary N) is 1. The fourth-order valence-electron chi connectivity index (χ4n) is 2.79. The molecule has 0 unspecified atom stereocenters. The van der Waals surface area contributed by atoms with Crippen molar-refractivity contribution in [3.8, 4) is 5.95 Å². The van der Waals surface area contributed by atoms with Gasteiger partial charge in [0.15, 0.2) is 11.6 Å². The molecule has 0 aliphatic rings. The van der Waals surface area contributed by atoms with Crippen molar-refractivity contribution in [3.63, 3.8) is 0 Å². The molecule has 0 aliphatic heterocycles. The van der Waals surface area contributed by atoms with Crippen LogP contribution in [0.1, 0.15) is 11.4 Å². The number of anilines is 3. The summed E-state index contributed by atoms with van der Waals surface area (Å²) in [6.45, 7) is 1.81. The first-order chi connectivity index (χ1) is 13.3. The lowest BCUT2D eigenvalue weighted by molar-refractivity contribution is -0.137. The van der Waals surface area contributed by atoms with Gasteiger partial charge in [-0.1, -0.05) is 12.1 Å². The monoisotopic (exact) mass is 385 g/mol. The number of nitrogen functional groups attached to an aromatic ring is 1. The Labute approximate surface area is 157 Å². The average molecular weight is 385 g/mol. The van der Waals surface area contributed by atoms with Crippen LogP contribution in [0.15, 0.2) is 48.5 Å². The van der Waals surface area contributed by atoms with Crippen molar-refractivity contribution in [2.45, 2.75) is 13.1 Å². The number of imidazole rings is 1. The Kier molecular flexibility index (Phi) is 4.10. The number of aromatic nitrogens is 5. The molecule has 0 saturated carbocycles. The molecule has 142 valence electrons. The van der Waals surface area contributed by atoms with E-state index in [9.17, 15) is 13.2 Å². The Morgan fingerprint density at radius 2 is 1.68 bits per heavy atom. The van der Waals surface area contributed by atoms with Gasteiger partial charge in [-0.3, -0.25) is 4.57 Å². The van der Waals surface area contributed by atoms with Gasteiger partial charge in [0.05, 0.1) is 16.6 Å². The van der Waals surface area contributed by atoms with Crippen LogP contribution in [0.4, 0.5) is 30.5 Å². The zero-order chi connectivity index (χ0) is 19.9. The zero-order valence-corrected chi connectivity index (χ0v) is 14.6. The normalized spacial score (nSPS) is 11.7. The summed E-state index contributed by atoms with van der Waals surface area (Å²) in [6.07, 6.45) is -4.40. The number of halogens is 3. The molecular formula is C18H14F3N7. The fourth-order valence-corrected chi connectivity index (χ4v) is 2.79. The molecule has 4 rings (SSSR count). The highest BCUT2D eigenvalue weighted by Gasteiger charge is 2.30. The van der Waals surface area contributed by atoms with Gasteiger partial charge < -0.3 is 11.1 Å². The number of rotatable bonds is 3. The Morgan fingerprint density at radius 3 is 2.39 bits per heavy atom. The molecule has 7 nitrogen and oxygen atoms in total. The van der Waals surface area contributed by atoms with Crippen molar-refractivity contribution in [3.05, 3.63) is 59.9 Å². The van der Waals surface area contributed by atoms with E-state index in [-0.39, 0.29) is 17.6 Å². The molecular weight excluding hydrogens is 371 g/mol. The van der Waals surface area contributed by atoms with Gasteiger partial charge in [0.25, 0.3) is 5.95 Å². The van der Waals surface area contributed by atoms with E-state index in [4.69, 9.17) is 5.73 Å². The quantitative estimate of drug-likeness (QED) is 0.556. The van der Waals surface area contributed by atoms with Crippen LogP contribution in [0.5, 0.6) is 0 Å². The maximum atomic E-state index is 12.7. The molecule has 28 heavy (non-hydrogen) atoms. The number of hydrogen-bond acceptors (Lipinski definition) is 6. The van der Waals surface area contributed by atoms with Gasteiger partial charge in [-0.05, 0) is 43.3 Å². The highest BCUT2D eigenvalue weighted by atomic mass is 19.4. The first-order valence-electron chi connectivity index (χ1n) is 8.22. The van der Waals surface area contributed by atoms with E-state index in [1.54, 1.807) is 4.57 Å². The number of fused-ring (bicyclic) bond motifs is 1. The van der Waals surface area contributed by atoms with Crippen molar-refractivity contribution in [2.24, 2.45) is 0 Å². The van der Waals surface area contributed by atoms with E-state index in [0.29, 0.717) is 11.5 Å². The second-order valence-corrected chi connectivity index (χ2v) is 6.03. The van der Waals surface area contributed by atoms with Gasteiger partial charge in [0.1, 0.15) is 5.82 Å². The summed E-state index contributed by atoms with van der Waals surface area (Å²) in [5.41, 5.74) is 7.06. The smallest absolute Gasteiger partial charge is 0.379 e. The number of nitrogens with two attached hydrogens (primary N) is 1. The van der Waals surface area contributed by atoms with Crippen LogP contribution >= 0.6 is 0 Å². The molecule has 2 aromatic heterocycles. The molecule has 0 aliphatic carbocycles. The molecule has 2 heterocycles. The first kappa shape index (κ1) is 17.7. The summed E-state index contributed by atoms with van der Waals surface area (Å²) in [7, 11) is 0.